The van der Waals surface area contributed by atoms with E-state index in [-0.39, 0.29) is 16.5 Å². The maximum absolute atomic E-state index is 12.9. The van der Waals surface area contributed by atoms with Gasteiger partial charge in [0.15, 0.2) is 11.6 Å². The Morgan fingerprint density at radius 1 is 0.963 bits per heavy atom. The van der Waals surface area contributed by atoms with Crippen LogP contribution in [0.2, 0.25) is 0 Å². The Hall–Kier alpha value is -3.20. The van der Waals surface area contributed by atoms with Gasteiger partial charge in [0, 0.05) is 5.69 Å². The minimum atomic E-state index is -3.81. The third-order valence-electron chi connectivity index (χ3n) is 3.70. The van der Waals surface area contributed by atoms with Crippen molar-refractivity contribution in [2.75, 3.05) is 17.1 Å². The molecule has 0 atom stereocenters. The van der Waals surface area contributed by atoms with Crippen LogP contribution in [0.5, 0.6) is 5.75 Å². The van der Waals surface area contributed by atoms with E-state index in [1.165, 1.54) is 37.4 Å². The largest absolute Gasteiger partial charge is 0.496 e. The first-order chi connectivity index (χ1) is 12.9. The number of sulfonamides is 1. The van der Waals surface area contributed by atoms with Crippen molar-refractivity contribution in [3.8, 4) is 5.75 Å². The van der Waals surface area contributed by atoms with Gasteiger partial charge in [-0.2, -0.15) is 0 Å². The molecular formula is C18H17FN4O3S. The molecule has 0 aliphatic heterocycles. The number of anilines is 3. The van der Waals surface area contributed by atoms with Crippen LogP contribution < -0.4 is 14.8 Å². The lowest BCUT2D eigenvalue weighted by atomic mass is 10.2. The molecule has 0 saturated heterocycles. The van der Waals surface area contributed by atoms with Crippen LogP contribution in [0.4, 0.5) is 21.7 Å². The molecule has 0 fully saturated rings. The Balaban J connectivity index is 1.73. The van der Waals surface area contributed by atoms with Gasteiger partial charge in [0.2, 0.25) is 0 Å². The summed E-state index contributed by atoms with van der Waals surface area (Å²) in [7, 11) is -2.29. The molecule has 0 aliphatic carbocycles. The molecule has 0 saturated carbocycles. The van der Waals surface area contributed by atoms with E-state index in [4.69, 9.17) is 4.74 Å². The Bertz CT molecular complexity index is 1040. The zero-order chi connectivity index (χ0) is 19.4. The van der Waals surface area contributed by atoms with Gasteiger partial charge in [-0.25, -0.2) is 12.8 Å². The summed E-state index contributed by atoms with van der Waals surface area (Å²) in [4.78, 5) is 0.0936. The van der Waals surface area contributed by atoms with E-state index in [1.807, 2.05) is 0 Å². The maximum Gasteiger partial charge on any atom is 0.263 e. The first-order valence-corrected chi connectivity index (χ1v) is 9.39. The van der Waals surface area contributed by atoms with E-state index in [0.29, 0.717) is 22.8 Å². The zero-order valence-electron chi connectivity index (χ0n) is 14.6. The summed E-state index contributed by atoms with van der Waals surface area (Å²) in [5, 5.41) is 10.7. The molecule has 140 valence electrons. The Kier molecular flexibility index (Phi) is 5.22. The molecule has 2 N–H and O–H groups in total. The summed E-state index contributed by atoms with van der Waals surface area (Å²) in [5.41, 5.74) is 1.33. The quantitative estimate of drug-likeness (QED) is 0.672. The van der Waals surface area contributed by atoms with Gasteiger partial charge in [-0.3, -0.25) is 4.72 Å². The average molecular weight is 388 g/mol. The van der Waals surface area contributed by atoms with Crippen LogP contribution in [-0.2, 0) is 10.0 Å². The molecule has 0 unspecified atom stereocenters. The number of nitrogens with one attached hydrogen (secondary N) is 2. The summed E-state index contributed by atoms with van der Waals surface area (Å²) < 4.78 is 45.4. The predicted octanol–water partition coefficient (Wildman–Crippen LogP) is 3.48. The summed E-state index contributed by atoms with van der Waals surface area (Å²) in [5.74, 6) is 0.730. The standard InChI is InChI=1S/C18H17FN4O3S/c1-12-11-15(7-8-16(12)26-2)27(24,25)23-18-10-9-17(21-22-18)20-14-5-3-13(19)4-6-14/h3-11H,1-2H3,(H,20,21)(H,22,23). The first kappa shape index (κ1) is 18.6. The number of ether oxygens (including phenoxy) is 1. The lowest BCUT2D eigenvalue weighted by Gasteiger charge is -2.10. The van der Waals surface area contributed by atoms with Crippen LogP contribution in [-0.4, -0.2) is 25.7 Å². The van der Waals surface area contributed by atoms with E-state index < -0.39 is 10.0 Å². The summed E-state index contributed by atoms with van der Waals surface area (Å²) in [6, 6.07) is 13.3. The second-order valence-corrected chi connectivity index (χ2v) is 7.36. The highest BCUT2D eigenvalue weighted by atomic mass is 32.2. The van der Waals surface area contributed by atoms with Gasteiger partial charge in [0.05, 0.1) is 12.0 Å². The van der Waals surface area contributed by atoms with Gasteiger partial charge < -0.3 is 10.1 Å². The molecule has 3 rings (SSSR count). The van der Waals surface area contributed by atoms with Crippen LogP contribution in [0, 0.1) is 12.7 Å². The molecule has 9 heteroatoms. The summed E-state index contributed by atoms with van der Waals surface area (Å²) in [6.07, 6.45) is 0. The lowest BCUT2D eigenvalue weighted by molar-refractivity contribution is 0.411. The number of rotatable bonds is 6. The number of hydrogen-bond acceptors (Lipinski definition) is 6. The maximum atomic E-state index is 12.9. The zero-order valence-corrected chi connectivity index (χ0v) is 15.4. The molecule has 0 bridgehead atoms. The highest BCUT2D eigenvalue weighted by Crippen LogP contribution is 2.23. The van der Waals surface area contributed by atoms with Gasteiger partial charge in [0.25, 0.3) is 10.0 Å². The highest BCUT2D eigenvalue weighted by Gasteiger charge is 2.16. The number of nitrogens with zero attached hydrogens (tertiary/aromatic N) is 2. The van der Waals surface area contributed by atoms with Crippen molar-refractivity contribution < 1.29 is 17.5 Å². The summed E-state index contributed by atoms with van der Waals surface area (Å²) in [6.45, 7) is 1.76. The lowest BCUT2D eigenvalue weighted by Crippen LogP contribution is -2.14. The van der Waals surface area contributed by atoms with Crippen molar-refractivity contribution in [3.63, 3.8) is 0 Å². The Morgan fingerprint density at radius 2 is 1.63 bits per heavy atom. The second-order valence-electron chi connectivity index (χ2n) is 5.67. The number of aryl methyl sites for hydroxylation is 1. The van der Waals surface area contributed by atoms with Gasteiger partial charge in [0.1, 0.15) is 11.6 Å². The molecule has 2 aromatic carbocycles. The van der Waals surface area contributed by atoms with E-state index >= 15 is 0 Å². The van der Waals surface area contributed by atoms with E-state index in [1.54, 1.807) is 31.2 Å². The Labute approximate surface area is 156 Å². The molecule has 7 nitrogen and oxygen atoms in total. The average Bonchev–Trinajstić information content (AvgIpc) is 2.65. The highest BCUT2D eigenvalue weighted by molar-refractivity contribution is 7.92. The summed E-state index contributed by atoms with van der Waals surface area (Å²) >= 11 is 0. The van der Waals surface area contributed by atoms with Gasteiger partial charge in [-0.05, 0) is 67.1 Å². The van der Waals surface area contributed by atoms with Crippen molar-refractivity contribution in [2.24, 2.45) is 0 Å². The molecule has 0 amide bonds. The number of halogens is 1. The third-order valence-corrected chi connectivity index (χ3v) is 5.05. The molecule has 0 aliphatic rings. The van der Waals surface area contributed by atoms with Gasteiger partial charge in [-0.15, -0.1) is 10.2 Å². The molecule has 0 spiro atoms. The molecular weight excluding hydrogens is 371 g/mol. The topological polar surface area (TPSA) is 93.2 Å². The van der Waals surface area contributed by atoms with Crippen molar-refractivity contribution in [1.82, 2.24) is 10.2 Å². The fourth-order valence-corrected chi connectivity index (χ4v) is 3.43. The van der Waals surface area contributed by atoms with Crippen LogP contribution in [0.25, 0.3) is 0 Å². The van der Waals surface area contributed by atoms with Crippen LogP contribution in [0.3, 0.4) is 0 Å². The van der Waals surface area contributed by atoms with Gasteiger partial charge in [-0.1, -0.05) is 0 Å². The normalized spacial score (nSPS) is 11.1. The van der Waals surface area contributed by atoms with E-state index in [9.17, 15) is 12.8 Å². The van der Waals surface area contributed by atoms with Crippen LogP contribution in [0.15, 0.2) is 59.5 Å². The fraction of sp³-hybridized carbons (Fsp3) is 0.111. The van der Waals surface area contributed by atoms with Crippen molar-refractivity contribution in [2.45, 2.75) is 11.8 Å². The van der Waals surface area contributed by atoms with Crippen LogP contribution in [0.1, 0.15) is 5.56 Å². The van der Waals surface area contributed by atoms with E-state index in [2.05, 4.69) is 20.2 Å². The number of methoxy groups -OCH3 is 1. The minimum absolute atomic E-state index is 0.0770. The van der Waals surface area contributed by atoms with Crippen molar-refractivity contribution in [3.05, 3.63) is 66.0 Å². The third kappa shape index (κ3) is 4.50. The molecule has 1 heterocycles. The van der Waals surface area contributed by atoms with E-state index in [0.717, 1.165) is 0 Å². The molecule has 3 aromatic rings. The molecule has 0 radical (unpaired) electrons. The fourth-order valence-electron chi connectivity index (χ4n) is 2.35. The monoisotopic (exact) mass is 388 g/mol. The van der Waals surface area contributed by atoms with Crippen molar-refractivity contribution in [1.29, 1.82) is 0 Å². The number of aromatic nitrogens is 2. The Morgan fingerprint density at radius 3 is 2.22 bits per heavy atom. The van der Waals surface area contributed by atoms with Crippen LogP contribution >= 0.6 is 0 Å². The minimum Gasteiger partial charge on any atom is -0.496 e. The number of benzene rings is 2. The molecule has 27 heavy (non-hydrogen) atoms. The number of hydrogen-bond donors (Lipinski definition) is 2. The van der Waals surface area contributed by atoms with Gasteiger partial charge >= 0.3 is 0 Å². The first-order valence-electron chi connectivity index (χ1n) is 7.91. The SMILES string of the molecule is COc1ccc(S(=O)(=O)Nc2ccc(Nc3ccc(F)cc3)nn2)cc1C. The second kappa shape index (κ2) is 7.58. The predicted molar refractivity (Wildman–Crippen MR) is 100 cm³/mol. The smallest absolute Gasteiger partial charge is 0.263 e. The van der Waals surface area contributed by atoms with Crippen molar-refractivity contribution >= 4 is 27.3 Å². The molecule has 1 aromatic heterocycles.